The molecule has 0 fully saturated rings. The van der Waals surface area contributed by atoms with E-state index in [4.69, 9.17) is 5.11 Å². The Hall–Kier alpha value is -2.09. The number of urea groups is 1. The highest BCUT2D eigenvalue weighted by atomic mass is 79.9. The van der Waals surface area contributed by atoms with E-state index in [1.54, 1.807) is 24.3 Å². The van der Waals surface area contributed by atoms with Crippen molar-refractivity contribution < 1.29 is 19.5 Å². The molecule has 4 N–H and O–H groups in total. The second-order valence-corrected chi connectivity index (χ2v) is 6.31. The third-order valence-corrected chi connectivity index (χ3v) is 3.37. The summed E-state index contributed by atoms with van der Waals surface area (Å²) in [6, 6.07) is 5.66. The van der Waals surface area contributed by atoms with E-state index in [1.807, 2.05) is 13.8 Å². The van der Waals surface area contributed by atoms with Gasteiger partial charge in [0.05, 0.1) is 0 Å². The Morgan fingerprint density at radius 2 is 1.78 bits per heavy atom. The van der Waals surface area contributed by atoms with Crippen LogP contribution in [0.3, 0.4) is 0 Å². The van der Waals surface area contributed by atoms with Crippen LogP contribution in [0.1, 0.15) is 20.3 Å². The van der Waals surface area contributed by atoms with Crippen LogP contribution < -0.4 is 16.0 Å². The molecule has 0 aliphatic rings. The molecule has 0 aliphatic carbocycles. The maximum atomic E-state index is 12.0. The topological polar surface area (TPSA) is 108 Å². The predicted molar refractivity (Wildman–Crippen MR) is 90.2 cm³/mol. The van der Waals surface area contributed by atoms with Crippen molar-refractivity contribution in [2.75, 3.05) is 11.9 Å². The molecule has 1 atom stereocenters. The van der Waals surface area contributed by atoms with Gasteiger partial charge in [-0.25, -0.2) is 4.79 Å². The quantitative estimate of drug-likeness (QED) is 0.576. The number of aliphatic carboxylic acids is 1. The molecule has 0 bridgehead atoms. The molecule has 126 valence electrons. The highest BCUT2D eigenvalue weighted by molar-refractivity contribution is 9.10. The Kier molecular flexibility index (Phi) is 7.53. The predicted octanol–water partition coefficient (Wildman–Crippen LogP) is 2.19. The maximum Gasteiger partial charge on any atom is 0.322 e. The molecule has 0 spiro atoms. The molecule has 0 saturated heterocycles. The average molecular weight is 386 g/mol. The lowest BCUT2D eigenvalue weighted by Gasteiger charge is -2.20. The standard InChI is InChI=1S/C15H20BrN3O4/c1-9(2)7-12(14(22)17-8-13(20)21)19-15(23)18-11-5-3-10(16)4-6-11/h3-6,9,12H,7-8H2,1-2H3,(H,17,22)(H,20,21)(H2,18,19,23)/t12-/m1/s1. The Morgan fingerprint density at radius 3 is 2.30 bits per heavy atom. The molecular formula is C15H20BrN3O4. The van der Waals surface area contributed by atoms with Crippen LogP contribution in [0.4, 0.5) is 10.5 Å². The van der Waals surface area contributed by atoms with E-state index in [2.05, 4.69) is 31.9 Å². The molecule has 0 unspecified atom stereocenters. The first-order chi connectivity index (χ1) is 10.8. The number of carbonyl (C=O) groups excluding carboxylic acids is 2. The van der Waals surface area contributed by atoms with Gasteiger partial charge in [0.1, 0.15) is 12.6 Å². The summed E-state index contributed by atoms with van der Waals surface area (Å²) in [5.41, 5.74) is 0.583. The van der Waals surface area contributed by atoms with Crippen molar-refractivity contribution in [2.45, 2.75) is 26.3 Å². The van der Waals surface area contributed by atoms with E-state index in [1.165, 1.54) is 0 Å². The van der Waals surface area contributed by atoms with E-state index < -0.39 is 30.5 Å². The third-order valence-electron chi connectivity index (χ3n) is 2.84. The maximum absolute atomic E-state index is 12.0. The third kappa shape index (κ3) is 7.64. The van der Waals surface area contributed by atoms with Crippen molar-refractivity contribution >= 4 is 39.5 Å². The summed E-state index contributed by atoms with van der Waals surface area (Å²) >= 11 is 3.30. The van der Waals surface area contributed by atoms with Gasteiger partial charge >= 0.3 is 12.0 Å². The summed E-state index contributed by atoms with van der Waals surface area (Å²) in [6.45, 7) is 3.33. The lowest BCUT2D eigenvalue weighted by Crippen LogP contribution is -2.49. The molecule has 0 aliphatic heterocycles. The molecule has 0 aromatic heterocycles. The van der Waals surface area contributed by atoms with E-state index in [0.29, 0.717) is 12.1 Å². The first kappa shape index (κ1) is 19.0. The molecule has 7 nitrogen and oxygen atoms in total. The molecule has 1 aromatic rings. The minimum absolute atomic E-state index is 0.156. The van der Waals surface area contributed by atoms with Crippen LogP contribution in [0.15, 0.2) is 28.7 Å². The fourth-order valence-corrected chi connectivity index (χ4v) is 2.11. The van der Waals surface area contributed by atoms with Gasteiger partial charge in [-0.15, -0.1) is 0 Å². The number of nitrogens with one attached hydrogen (secondary N) is 3. The van der Waals surface area contributed by atoms with Gasteiger partial charge in [-0.3, -0.25) is 9.59 Å². The Bertz CT molecular complexity index is 560. The second kappa shape index (κ2) is 9.14. The van der Waals surface area contributed by atoms with Gasteiger partial charge in [0.2, 0.25) is 5.91 Å². The summed E-state index contributed by atoms with van der Waals surface area (Å²) in [7, 11) is 0. The van der Waals surface area contributed by atoms with Crippen LogP contribution in [0.25, 0.3) is 0 Å². The number of hydrogen-bond acceptors (Lipinski definition) is 3. The summed E-state index contributed by atoms with van der Waals surface area (Å²) in [6.07, 6.45) is 0.402. The highest BCUT2D eigenvalue weighted by Gasteiger charge is 2.22. The van der Waals surface area contributed by atoms with Crippen LogP contribution >= 0.6 is 15.9 Å². The zero-order valence-electron chi connectivity index (χ0n) is 12.9. The molecule has 8 heteroatoms. The molecule has 23 heavy (non-hydrogen) atoms. The fraction of sp³-hybridized carbons (Fsp3) is 0.400. The molecule has 0 saturated carbocycles. The normalized spacial score (nSPS) is 11.7. The number of carboxylic acids is 1. The van der Waals surface area contributed by atoms with Crippen LogP contribution in [0.2, 0.25) is 0 Å². The van der Waals surface area contributed by atoms with Gasteiger partial charge in [-0.05, 0) is 36.6 Å². The van der Waals surface area contributed by atoms with Crippen LogP contribution in [0.5, 0.6) is 0 Å². The Labute approximate surface area is 143 Å². The van der Waals surface area contributed by atoms with Crippen molar-refractivity contribution in [1.29, 1.82) is 0 Å². The molecule has 0 heterocycles. The summed E-state index contributed by atoms with van der Waals surface area (Å²) in [5, 5.41) is 16.1. The van der Waals surface area contributed by atoms with Crippen molar-refractivity contribution in [2.24, 2.45) is 5.92 Å². The number of halogens is 1. The van der Waals surface area contributed by atoms with Crippen LogP contribution in [-0.4, -0.2) is 35.6 Å². The summed E-state index contributed by atoms with van der Waals surface area (Å²) < 4.78 is 0.884. The number of anilines is 1. The highest BCUT2D eigenvalue weighted by Crippen LogP contribution is 2.14. The average Bonchev–Trinajstić information content (AvgIpc) is 2.46. The zero-order chi connectivity index (χ0) is 17.4. The zero-order valence-corrected chi connectivity index (χ0v) is 14.5. The SMILES string of the molecule is CC(C)C[C@@H](NC(=O)Nc1ccc(Br)cc1)C(=O)NCC(=O)O. The number of benzene rings is 1. The van der Waals surface area contributed by atoms with Gasteiger partial charge < -0.3 is 21.1 Å². The van der Waals surface area contributed by atoms with Gasteiger partial charge in [0, 0.05) is 10.2 Å². The van der Waals surface area contributed by atoms with Crippen molar-refractivity contribution in [3.05, 3.63) is 28.7 Å². The Morgan fingerprint density at radius 1 is 1.17 bits per heavy atom. The number of hydrogen-bond donors (Lipinski definition) is 4. The molecule has 1 aromatic carbocycles. The number of carboxylic acid groups (broad SMARTS) is 1. The van der Waals surface area contributed by atoms with E-state index in [-0.39, 0.29) is 5.92 Å². The second-order valence-electron chi connectivity index (χ2n) is 5.40. The van der Waals surface area contributed by atoms with Gasteiger partial charge in [-0.2, -0.15) is 0 Å². The monoisotopic (exact) mass is 385 g/mol. The largest absolute Gasteiger partial charge is 0.480 e. The summed E-state index contributed by atoms with van der Waals surface area (Å²) in [4.78, 5) is 34.5. The van der Waals surface area contributed by atoms with Crippen molar-refractivity contribution in [1.82, 2.24) is 10.6 Å². The molecule has 1 rings (SSSR count). The first-order valence-electron chi connectivity index (χ1n) is 7.10. The lowest BCUT2D eigenvalue weighted by atomic mass is 10.0. The molecular weight excluding hydrogens is 366 g/mol. The number of amides is 3. The van der Waals surface area contributed by atoms with E-state index in [0.717, 1.165) is 4.47 Å². The molecule has 3 amide bonds. The van der Waals surface area contributed by atoms with E-state index >= 15 is 0 Å². The van der Waals surface area contributed by atoms with Crippen LogP contribution in [-0.2, 0) is 9.59 Å². The minimum Gasteiger partial charge on any atom is -0.480 e. The first-order valence-corrected chi connectivity index (χ1v) is 7.89. The number of carbonyl (C=O) groups is 3. The molecule has 0 radical (unpaired) electrons. The van der Waals surface area contributed by atoms with Gasteiger partial charge in [0.15, 0.2) is 0 Å². The van der Waals surface area contributed by atoms with Gasteiger partial charge in [0.25, 0.3) is 0 Å². The minimum atomic E-state index is -1.14. The van der Waals surface area contributed by atoms with Crippen molar-refractivity contribution in [3.8, 4) is 0 Å². The van der Waals surface area contributed by atoms with Gasteiger partial charge in [-0.1, -0.05) is 29.8 Å². The summed E-state index contributed by atoms with van der Waals surface area (Å²) in [5.74, 6) is -1.50. The lowest BCUT2D eigenvalue weighted by molar-refractivity contribution is -0.138. The van der Waals surface area contributed by atoms with Crippen LogP contribution in [0, 0.1) is 5.92 Å². The smallest absolute Gasteiger partial charge is 0.322 e. The van der Waals surface area contributed by atoms with E-state index in [9.17, 15) is 14.4 Å². The Balaban J connectivity index is 2.64. The van der Waals surface area contributed by atoms with Crippen molar-refractivity contribution in [3.63, 3.8) is 0 Å². The number of rotatable bonds is 7. The fourth-order valence-electron chi connectivity index (χ4n) is 1.85.